The number of hydrogen-bond donors (Lipinski definition) is 3. The molecule has 120 valence electrons. The highest BCUT2D eigenvalue weighted by Crippen LogP contribution is 2.27. The summed E-state index contributed by atoms with van der Waals surface area (Å²) in [6.45, 7) is -0.0688. The van der Waals surface area contributed by atoms with Gasteiger partial charge < -0.3 is 20.5 Å². The number of β-amino-alcohol motifs (C(OH)–C–C–N with tert-alkyl or cyclic N) is 1. The van der Waals surface area contributed by atoms with Gasteiger partial charge in [-0.2, -0.15) is 8.78 Å². The van der Waals surface area contributed by atoms with E-state index in [1.54, 1.807) is 12.1 Å². The molecule has 0 amide bonds. The van der Waals surface area contributed by atoms with Crippen LogP contribution in [0, 0.1) is 5.92 Å². The van der Waals surface area contributed by atoms with E-state index in [1.165, 1.54) is 6.07 Å². The number of alkyl halides is 2. The Kier molecular flexibility index (Phi) is 7.83. The summed E-state index contributed by atoms with van der Waals surface area (Å²) in [5.74, 6) is 0.332. The normalized spacial score (nSPS) is 21.4. The molecule has 1 aromatic carbocycles. The third-order valence-electron chi connectivity index (χ3n) is 3.25. The largest absolute Gasteiger partial charge is 0.434 e. The summed E-state index contributed by atoms with van der Waals surface area (Å²) in [6.07, 6.45) is -0.309. The van der Waals surface area contributed by atoms with Crippen molar-refractivity contribution in [3.8, 4) is 5.75 Å². The molecule has 0 bridgehead atoms. The van der Waals surface area contributed by atoms with Crippen molar-refractivity contribution >= 4 is 28.3 Å². The van der Waals surface area contributed by atoms with Gasteiger partial charge in [-0.15, -0.1) is 12.4 Å². The average Bonchev–Trinajstić information content (AvgIpc) is 2.78. The fourth-order valence-electron chi connectivity index (χ4n) is 2.18. The van der Waals surface area contributed by atoms with Crippen LogP contribution in [-0.4, -0.2) is 37.5 Å². The van der Waals surface area contributed by atoms with Crippen LogP contribution in [0.2, 0.25) is 0 Å². The molecule has 21 heavy (non-hydrogen) atoms. The minimum atomic E-state index is -2.83. The van der Waals surface area contributed by atoms with Crippen molar-refractivity contribution in [1.29, 1.82) is 0 Å². The molecule has 1 aromatic rings. The van der Waals surface area contributed by atoms with Gasteiger partial charge in [-0.1, -0.05) is 6.07 Å². The first-order valence-electron chi connectivity index (χ1n) is 6.39. The first kappa shape index (κ1) is 18.6. The molecule has 8 heteroatoms. The van der Waals surface area contributed by atoms with Crippen LogP contribution in [0.3, 0.4) is 0 Å². The molecule has 0 spiro atoms. The first-order chi connectivity index (χ1) is 9.56. The van der Waals surface area contributed by atoms with Crippen molar-refractivity contribution in [2.45, 2.75) is 19.3 Å². The monoisotopic (exact) mass is 386 g/mol. The van der Waals surface area contributed by atoms with E-state index < -0.39 is 6.61 Å². The predicted molar refractivity (Wildman–Crippen MR) is 82.1 cm³/mol. The zero-order chi connectivity index (χ0) is 14.5. The lowest BCUT2D eigenvalue weighted by atomic mass is 10.1. The summed E-state index contributed by atoms with van der Waals surface area (Å²) >= 11 is 3.21. The number of aliphatic hydroxyl groups is 1. The van der Waals surface area contributed by atoms with Crippen LogP contribution in [-0.2, 0) is 6.54 Å². The molecule has 0 saturated carbocycles. The number of ether oxygens (including phenoxy) is 1. The molecular formula is C13H18BrClF2N2O2. The Morgan fingerprint density at radius 1 is 1.43 bits per heavy atom. The highest BCUT2D eigenvalue weighted by molar-refractivity contribution is 9.10. The summed E-state index contributed by atoms with van der Waals surface area (Å²) in [5, 5.41) is 16.0. The highest BCUT2D eigenvalue weighted by Gasteiger charge is 2.24. The molecule has 1 fully saturated rings. The SMILES string of the molecule is Cl.OC1CNCC1CNCc1ccc(OC(F)F)c(Br)c1. The van der Waals surface area contributed by atoms with E-state index in [1.807, 2.05) is 0 Å². The molecular weight excluding hydrogens is 370 g/mol. The van der Waals surface area contributed by atoms with Crippen molar-refractivity contribution < 1.29 is 18.6 Å². The number of nitrogens with one attached hydrogen (secondary N) is 2. The summed E-state index contributed by atoms with van der Waals surface area (Å²) in [6, 6.07) is 4.99. The van der Waals surface area contributed by atoms with Crippen molar-refractivity contribution in [2.24, 2.45) is 5.92 Å². The number of rotatable bonds is 6. The first-order valence-corrected chi connectivity index (χ1v) is 7.18. The topological polar surface area (TPSA) is 53.5 Å². The molecule has 0 radical (unpaired) electrons. The Hall–Kier alpha value is -0.470. The molecule has 1 heterocycles. The zero-order valence-electron chi connectivity index (χ0n) is 11.2. The van der Waals surface area contributed by atoms with Gasteiger partial charge in [-0.05, 0) is 33.6 Å². The molecule has 4 nitrogen and oxygen atoms in total. The quantitative estimate of drug-likeness (QED) is 0.700. The Balaban J connectivity index is 0.00000220. The second-order valence-electron chi connectivity index (χ2n) is 4.76. The van der Waals surface area contributed by atoms with Gasteiger partial charge in [0.05, 0.1) is 10.6 Å². The van der Waals surface area contributed by atoms with Gasteiger partial charge in [0.2, 0.25) is 0 Å². The van der Waals surface area contributed by atoms with Gasteiger partial charge in [-0.3, -0.25) is 0 Å². The molecule has 1 aliphatic heterocycles. The van der Waals surface area contributed by atoms with Crippen molar-refractivity contribution in [3.63, 3.8) is 0 Å². The van der Waals surface area contributed by atoms with E-state index >= 15 is 0 Å². The van der Waals surface area contributed by atoms with Gasteiger partial charge in [0.1, 0.15) is 5.75 Å². The summed E-state index contributed by atoms with van der Waals surface area (Å²) in [5.41, 5.74) is 0.957. The molecule has 3 N–H and O–H groups in total. The Bertz CT molecular complexity index is 454. The third kappa shape index (κ3) is 5.67. The molecule has 2 atom stereocenters. The van der Waals surface area contributed by atoms with Crippen LogP contribution < -0.4 is 15.4 Å². The van der Waals surface area contributed by atoms with E-state index in [-0.39, 0.29) is 30.2 Å². The van der Waals surface area contributed by atoms with Crippen molar-refractivity contribution in [2.75, 3.05) is 19.6 Å². The van der Waals surface area contributed by atoms with E-state index in [0.717, 1.165) is 12.1 Å². The lowest BCUT2D eigenvalue weighted by molar-refractivity contribution is -0.0503. The van der Waals surface area contributed by atoms with Crippen molar-refractivity contribution in [1.82, 2.24) is 10.6 Å². The van der Waals surface area contributed by atoms with Gasteiger partial charge >= 0.3 is 6.61 Å². The molecule has 0 aliphatic carbocycles. The van der Waals surface area contributed by atoms with Gasteiger partial charge in [0.15, 0.2) is 0 Å². The minimum absolute atomic E-state index is 0. The summed E-state index contributed by atoms with van der Waals surface area (Å²) in [4.78, 5) is 0. The van der Waals surface area contributed by atoms with Crippen LogP contribution >= 0.6 is 28.3 Å². The lowest BCUT2D eigenvalue weighted by Crippen LogP contribution is -2.30. The smallest absolute Gasteiger partial charge is 0.387 e. The standard InChI is InChI=1S/C13H17BrF2N2O2.ClH/c14-10-3-8(1-2-12(10)20-13(15)16)4-17-5-9-6-18-7-11(9)19;/h1-3,9,11,13,17-19H,4-7H2;1H. The maximum atomic E-state index is 12.1. The molecule has 0 aromatic heterocycles. The van der Waals surface area contributed by atoms with Gasteiger partial charge in [-0.25, -0.2) is 0 Å². The fraction of sp³-hybridized carbons (Fsp3) is 0.538. The number of halogens is 4. The van der Waals surface area contributed by atoms with E-state index in [2.05, 4.69) is 31.3 Å². The molecule has 2 unspecified atom stereocenters. The van der Waals surface area contributed by atoms with Crippen LogP contribution in [0.15, 0.2) is 22.7 Å². The fourth-order valence-corrected chi connectivity index (χ4v) is 2.69. The summed E-state index contributed by atoms with van der Waals surface area (Å²) in [7, 11) is 0. The van der Waals surface area contributed by atoms with Gasteiger partial charge in [0.25, 0.3) is 0 Å². The van der Waals surface area contributed by atoms with Crippen LogP contribution in [0.25, 0.3) is 0 Å². The van der Waals surface area contributed by atoms with Crippen LogP contribution in [0.4, 0.5) is 8.78 Å². The second kappa shape index (κ2) is 8.85. The maximum absolute atomic E-state index is 12.1. The lowest BCUT2D eigenvalue weighted by Gasteiger charge is -2.14. The van der Waals surface area contributed by atoms with E-state index in [0.29, 0.717) is 24.1 Å². The predicted octanol–water partition coefficient (Wildman–Crippen LogP) is 2.14. The molecule has 1 aliphatic rings. The third-order valence-corrected chi connectivity index (χ3v) is 3.87. The maximum Gasteiger partial charge on any atom is 0.387 e. The number of benzene rings is 1. The van der Waals surface area contributed by atoms with Crippen molar-refractivity contribution in [3.05, 3.63) is 28.2 Å². The van der Waals surface area contributed by atoms with Gasteiger partial charge in [0, 0.05) is 32.1 Å². The Labute approximate surface area is 136 Å². The Morgan fingerprint density at radius 2 is 2.19 bits per heavy atom. The average molecular weight is 388 g/mol. The molecule has 1 saturated heterocycles. The molecule has 2 rings (SSSR count). The minimum Gasteiger partial charge on any atom is -0.434 e. The van der Waals surface area contributed by atoms with Crippen LogP contribution in [0.5, 0.6) is 5.75 Å². The van der Waals surface area contributed by atoms with E-state index in [9.17, 15) is 13.9 Å². The zero-order valence-corrected chi connectivity index (χ0v) is 13.6. The van der Waals surface area contributed by atoms with Crippen LogP contribution in [0.1, 0.15) is 5.56 Å². The second-order valence-corrected chi connectivity index (χ2v) is 5.61. The van der Waals surface area contributed by atoms with E-state index in [4.69, 9.17) is 0 Å². The number of hydrogen-bond acceptors (Lipinski definition) is 4. The summed E-state index contributed by atoms with van der Waals surface area (Å²) < 4.78 is 29.1. The highest BCUT2D eigenvalue weighted by atomic mass is 79.9. The Morgan fingerprint density at radius 3 is 2.76 bits per heavy atom. The number of aliphatic hydroxyl groups excluding tert-OH is 1.